The van der Waals surface area contributed by atoms with Crippen molar-refractivity contribution in [1.82, 2.24) is 10.2 Å². The van der Waals surface area contributed by atoms with Gasteiger partial charge in [0.25, 0.3) is 5.91 Å². The van der Waals surface area contributed by atoms with E-state index in [1.165, 1.54) is 0 Å². The maximum absolute atomic E-state index is 12.5. The van der Waals surface area contributed by atoms with E-state index in [0.29, 0.717) is 23.6 Å². The van der Waals surface area contributed by atoms with E-state index in [9.17, 15) is 18.0 Å². The molecule has 0 aromatic heterocycles. The van der Waals surface area contributed by atoms with Gasteiger partial charge >= 0.3 is 0 Å². The summed E-state index contributed by atoms with van der Waals surface area (Å²) in [6, 6.07) is 6.25. The summed E-state index contributed by atoms with van der Waals surface area (Å²) in [6.45, 7) is 2.69. The minimum Gasteiger partial charge on any atom is -0.352 e. The van der Waals surface area contributed by atoms with Crippen molar-refractivity contribution >= 4 is 33.3 Å². The maximum Gasteiger partial charge on any atom is 0.251 e. The Kier molecular flexibility index (Phi) is 6.84. The molecule has 8 heteroatoms. The molecule has 1 aliphatic rings. The Bertz CT molecular complexity index is 719. The first-order chi connectivity index (χ1) is 11.8. The molecule has 2 rings (SSSR count). The van der Waals surface area contributed by atoms with Gasteiger partial charge in [0.1, 0.15) is 0 Å². The van der Waals surface area contributed by atoms with Gasteiger partial charge in [0, 0.05) is 36.1 Å². The first-order valence-electron chi connectivity index (χ1n) is 8.36. The largest absolute Gasteiger partial charge is 0.352 e. The van der Waals surface area contributed by atoms with E-state index in [0.717, 1.165) is 6.42 Å². The molecule has 1 aliphatic heterocycles. The first-order valence-corrected chi connectivity index (χ1v) is 10.6. The van der Waals surface area contributed by atoms with E-state index in [1.54, 1.807) is 29.2 Å². The van der Waals surface area contributed by atoms with Crippen LogP contribution in [0.5, 0.6) is 0 Å². The monoisotopic (exact) mass is 386 g/mol. The molecule has 0 saturated carbocycles. The van der Waals surface area contributed by atoms with Crippen molar-refractivity contribution in [3.05, 3.63) is 34.9 Å². The third-order valence-electron chi connectivity index (χ3n) is 4.16. The highest BCUT2D eigenvalue weighted by Crippen LogP contribution is 2.19. The Hall–Kier alpha value is -1.60. The maximum atomic E-state index is 12.5. The SMILES string of the molecule is CCCN(C(=O)CCNC(=O)c1ccc(Cl)cc1)C1CCS(=O)(=O)C1. The van der Waals surface area contributed by atoms with Crippen LogP contribution in [0.25, 0.3) is 0 Å². The summed E-state index contributed by atoms with van der Waals surface area (Å²) in [6.07, 6.45) is 1.40. The van der Waals surface area contributed by atoms with Crippen LogP contribution in [0.3, 0.4) is 0 Å². The predicted molar refractivity (Wildman–Crippen MR) is 97.5 cm³/mol. The molecule has 1 heterocycles. The topological polar surface area (TPSA) is 83.6 Å². The van der Waals surface area contributed by atoms with Crippen LogP contribution in [-0.4, -0.2) is 55.8 Å². The number of sulfone groups is 1. The average Bonchev–Trinajstić information content (AvgIpc) is 2.92. The van der Waals surface area contributed by atoms with Crippen LogP contribution < -0.4 is 5.32 Å². The van der Waals surface area contributed by atoms with Gasteiger partial charge in [0.05, 0.1) is 11.5 Å². The van der Waals surface area contributed by atoms with Gasteiger partial charge in [0.15, 0.2) is 9.84 Å². The van der Waals surface area contributed by atoms with Gasteiger partial charge in [-0.1, -0.05) is 18.5 Å². The van der Waals surface area contributed by atoms with Gasteiger partial charge in [-0.15, -0.1) is 0 Å². The quantitative estimate of drug-likeness (QED) is 0.775. The van der Waals surface area contributed by atoms with E-state index in [4.69, 9.17) is 11.6 Å². The molecule has 0 aliphatic carbocycles. The molecule has 1 N–H and O–H groups in total. The van der Waals surface area contributed by atoms with Crippen LogP contribution in [0.1, 0.15) is 36.5 Å². The molecule has 0 bridgehead atoms. The van der Waals surface area contributed by atoms with Crippen LogP contribution in [0.2, 0.25) is 5.02 Å². The summed E-state index contributed by atoms with van der Waals surface area (Å²) in [7, 11) is -3.04. The fraction of sp³-hybridized carbons (Fsp3) is 0.529. The van der Waals surface area contributed by atoms with E-state index in [-0.39, 0.29) is 42.3 Å². The summed E-state index contributed by atoms with van der Waals surface area (Å²) in [5.74, 6) is -0.218. The Morgan fingerprint density at radius 3 is 2.52 bits per heavy atom. The highest BCUT2D eigenvalue weighted by Gasteiger charge is 2.33. The number of rotatable bonds is 7. The zero-order valence-corrected chi connectivity index (χ0v) is 15.8. The van der Waals surface area contributed by atoms with Gasteiger partial charge < -0.3 is 10.2 Å². The van der Waals surface area contributed by atoms with Crippen molar-refractivity contribution in [2.45, 2.75) is 32.2 Å². The van der Waals surface area contributed by atoms with Crippen LogP contribution in [0, 0.1) is 0 Å². The minimum absolute atomic E-state index is 0.0376. The van der Waals surface area contributed by atoms with Crippen LogP contribution in [0.15, 0.2) is 24.3 Å². The van der Waals surface area contributed by atoms with Crippen LogP contribution in [0.4, 0.5) is 0 Å². The predicted octanol–water partition coefficient (Wildman–Crippen LogP) is 1.89. The van der Waals surface area contributed by atoms with Gasteiger partial charge in [-0.05, 0) is 37.1 Å². The second-order valence-corrected chi connectivity index (χ2v) is 8.82. The molecular weight excluding hydrogens is 364 g/mol. The molecule has 0 radical (unpaired) electrons. The lowest BCUT2D eigenvalue weighted by molar-refractivity contribution is -0.132. The molecule has 1 aromatic carbocycles. The van der Waals surface area contributed by atoms with E-state index in [1.807, 2.05) is 6.92 Å². The number of carbonyl (C=O) groups excluding carboxylic acids is 2. The van der Waals surface area contributed by atoms with Crippen LogP contribution >= 0.6 is 11.6 Å². The molecule has 1 aromatic rings. The Morgan fingerprint density at radius 2 is 1.96 bits per heavy atom. The summed E-state index contributed by atoms with van der Waals surface area (Å²) >= 11 is 5.78. The Labute approximate surface area is 153 Å². The fourth-order valence-electron chi connectivity index (χ4n) is 2.90. The molecule has 138 valence electrons. The second-order valence-electron chi connectivity index (χ2n) is 6.16. The van der Waals surface area contributed by atoms with Gasteiger partial charge in [-0.2, -0.15) is 0 Å². The molecule has 1 fully saturated rings. The molecule has 6 nitrogen and oxygen atoms in total. The molecule has 25 heavy (non-hydrogen) atoms. The van der Waals surface area contributed by atoms with Crippen molar-refractivity contribution in [2.75, 3.05) is 24.6 Å². The van der Waals surface area contributed by atoms with E-state index < -0.39 is 9.84 Å². The van der Waals surface area contributed by atoms with Crippen LogP contribution in [-0.2, 0) is 14.6 Å². The molecule has 1 saturated heterocycles. The van der Waals surface area contributed by atoms with E-state index >= 15 is 0 Å². The zero-order chi connectivity index (χ0) is 18.4. The second kappa shape index (κ2) is 8.67. The molecule has 0 spiro atoms. The van der Waals surface area contributed by atoms with Crippen molar-refractivity contribution in [2.24, 2.45) is 0 Å². The first kappa shape index (κ1) is 19.7. The fourth-order valence-corrected chi connectivity index (χ4v) is 4.76. The molecular formula is C17H23ClN2O4S. The van der Waals surface area contributed by atoms with Crippen molar-refractivity contribution in [3.8, 4) is 0 Å². The highest BCUT2D eigenvalue weighted by atomic mass is 35.5. The number of hydrogen-bond donors (Lipinski definition) is 1. The standard InChI is InChI=1S/C17H23ClN2O4S/c1-2-10-20(15-8-11-25(23,24)12-15)16(21)7-9-19-17(22)13-3-5-14(18)6-4-13/h3-6,15H,2,7-12H2,1H3,(H,19,22). The summed E-state index contributed by atoms with van der Waals surface area (Å²) in [5.41, 5.74) is 0.476. The number of carbonyl (C=O) groups is 2. The molecule has 1 atom stereocenters. The van der Waals surface area contributed by atoms with Crippen molar-refractivity contribution in [1.29, 1.82) is 0 Å². The lowest BCUT2D eigenvalue weighted by atomic mass is 10.2. The van der Waals surface area contributed by atoms with Gasteiger partial charge in [-0.25, -0.2) is 8.42 Å². The van der Waals surface area contributed by atoms with Gasteiger partial charge in [0.2, 0.25) is 5.91 Å². The number of nitrogens with one attached hydrogen (secondary N) is 1. The smallest absolute Gasteiger partial charge is 0.251 e. The molecule has 1 unspecified atom stereocenters. The highest BCUT2D eigenvalue weighted by molar-refractivity contribution is 7.91. The zero-order valence-electron chi connectivity index (χ0n) is 14.2. The summed E-state index contributed by atoms with van der Waals surface area (Å²) < 4.78 is 23.3. The Balaban J connectivity index is 1.86. The lowest BCUT2D eigenvalue weighted by Gasteiger charge is -2.28. The van der Waals surface area contributed by atoms with Crippen molar-refractivity contribution < 1.29 is 18.0 Å². The summed E-state index contributed by atoms with van der Waals surface area (Å²) in [5, 5.41) is 3.25. The lowest BCUT2D eigenvalue weighted by Crippen LogP contribution is -2.42. The Morgan fingerprint density at radius 1 is 1.28 bits per heavy atom. The van der Waals surface area contributed by atoms with Gasteiger partial charge in [-0.3, -0.25) is 9.59 Å². The van der Waals surface area contributed by atoms with E-state index in [2.05, 4.69) is 5.32 Å². The number of benzene rings is 1. The average molecular weight is 387 g/mol. The number of hydrogen-bond acceptors (Lipinski definition) is 4. The third kappa shape index (κ3) is 5.71. The van der Waals surface area contributed by atoms with Crippen molar-refractivity contribution in [3.63, 3.8) is 0 Å². The number of amides is 2. The third-order valence-corrected chi connectivity index (χ3v) is 6.17. The number of halogens is 1. The summed E-state index contributed by atoms with van der Waals surface area (Å²) in [4.78, 5) is 26.1. The number of nitrogens with zero attached hydrogens (tertiary/aromatic N) is 1. The molecule has 2 amide bonds. The minimum atomic E-state index is -3.04. The normalized spacial score (nSPS) is 18.7.